The molecule has 158 valence electrons. The molecular formula is C24H29N3O3. The van der Waals surface area contributed by atoms with Crippen molar-refractivity contribution < 1.29 is 14.3 Å². The molecule has 1 amide bonds. The van der Waals surface area contributed by atoms with Crippen LogP contribution < -0.4 is 9.47 Å². The van der Waals surface area contributed by atoms with Gasteiger partial charge in [0, 0.05) is 19.0 Å². The van der Waals surface area contributed by atoms with E-state index < -0.39 is 0 Å². The smallest absolute Gasteiger partial charge is 0.242 e. The lowest BCUT2D eigenvalue weighted by molar-refractivity contribution is -0.135. The van der Waals surface area contributed by atoms with E-state index in [9.17, 15) is 4.79 Å². The van der Waals surface area contributed by atoms with E-state index in [1.807, 2.05) is 47.4 Å². The molecule has 30 heavy (non-hydrogen) atoms. The van der Waals surface area contributed by atoms with Crippen molar-refractivity contribution in [1.82, 2.24) is 14.5 Å². The molecule has 1 saturated heterocycles. The van der Waals surface area contributed by atoms with Crippen LogP contribution in [0.1, 0.15) is 37.6 Å². The summed E-state index contributed by atoms with van der Waals surface area (Å²) >= 11 is 0. The third-order valence-electron chi connectivity index (χ3n) is 5.96. The van der Waals surface area contributed by atoms with E-state index in [1.54, 1.807) is 14.2 Å². The van der Waals surface area contributed by atoms with Crippen LogP contribution in [0.5, 0.6) is 11.5 Å². The highest BCUT2D eigenvalue weighted by molar-refractivity contribution is 5.81. The van der Waals surface area contributed by atoms with Gasteiger partial charge in [-0.05, 0) is 56.0 Å². The fourth-order valence-corrected chi connectivity index (χ4v) is 4.30. The molecule has 6 heteroatoms. The Morgan fingerprint density at radius 2 is 1.90 bits per heavy atom. The summed E-state index contributed by atoms with van der Waals surface area (Å²) in [5.41, 5.74) is 2.96. The summed E-state index contributed by atoms with van der Waals surface area (Å²) in [6, 6.07) is 14.2. The Labute approximate surface area is 177 Å². The molecule has 0 spiro atoms. The van der Waals surface area contributed by atoms with Gasteiger partial charge < -0.3 is 18.9 Å². The Hall–Kier alpha value is -3.02. The summed E-state index contributed by atoms with van der Waals surface area (Å²) in [7, 11) is 3.26. The van der Waals surface area contributed by atoms with Crippen LogP contribution in [0, 0.1) is 0 Å². The van der Waals surface area contributed by atoms with Crippen molar-refractivity contribution in [3.05, 3.63) is 53.9 Å². The molecule has 1 fully saturated rings. The topological polar surface area (TPSA) is 56.6 Å². The van der Waals surface area contributed by atoms with Gasteiger partial charge in [0.25, 0.3) is 0 Å². The van der Waals surface area contributed by atoms with Crippen LogP contribution in [0.3, 0.4) is 0 Å². The number of amides is 1. The Morgan fingerprint density at radius 1 is 1.10 bits per heavy atom. The van der Waals surface area contributed by atoms with Crippen LogP contribution in [-0.2, 0) is 17.8 Å². The van der Waals surface area contributed by atoms with Gasteiger partial charge in [-0.2, -0.15) is 0 Å². The second kappa shape index (κ2) is 8.78. The zero-order chi connectivity index (χ0) is 21.1. The average Bonchev–Trinajstić information content (AvgIpc) is 3.10. The summed E-state index contributed by atoms with van der Waals surface area (Å²) in [6.45, 7) is 3.30. The summed E-state index contributed by atoms with van der Waals surface area (Å²) in [5.74, 6) is 2.43. The lowest BCUT2D eigenvalue weighted by Crippen LogP contribution is -2.43. The highest BCUT2D eigenvalue weighted by atomic mass is 16.5. The van der Waals surface area contributed by atoms with Gasteiger partial charge in [-0.15, -0.1) is 0 Å². The van der Waals surface area contributed by atoms with E-state index in [4.69, 9.17) is 14.5 Å². The number of carbonyl (C=O) groups excluding carboxylic acids is 1. The summed E-state index contributed by atoms with van der Waals surface area (Å²) < 4.78 is 12.9. The quantitative estimate of drug-likeness (QED) is 0.619. The number of benzene rings is 2. The minimum Gasteiger partial charge on any atom is -0.493 e. The normalized spacial score (nSPS) is 16.6. The first-order valence-electron chi connectivity index (χ1n) is 10.5. The van der Waals surface area contributed by atoms with Crippen molar-refractivity contribution in [1.29, 1.82) is 0 Å². The number of aromatic nitrogens is 2. The molecule has 1 aliphatic rings. The predicted molar refractivity (Wildman–Crippen MR) is 117 cm³/mol. The second-order valence-electron chi connectivity index (χ2n) is 7.90. The molecular weight excluding hydrogens is 378 g/mol. The Kier molecular flexibility index (Phi) is 5.93. The first kappa shape index (κ1) is 20.3. The van der Waals surface area contributed by atoms with Crippen molar-refractivity contribution in [2.45, 2.75) is 45.2 Å². The maximum absolute atomic E-state index is 13.1. The number of imidazole rings is 1. The third kappa shape index (κ3) is 3.99. The number of likely N-dealkylation sites (tertiary alicyclic amines) is 1. The van der Waals surface area contributed by atoms with Gasteiger partial charge in [-0.3, -0.25) is 4.79 Å². The number of methoxy groups -OCH3 is 2. The fraction of sp³-hybridized carbons (Fsp3) is 0.417. The van der Waals surface area contributed by atoms with Crippen LogP contribution in [-0.4, -0.2) is 47.2 Å². The van der Waals surface area contributed by atoms with Crippen LogP contribution in [0.2, 0.25) is 0 Å². The fourth-order valence-electron chi connectivity index (χ4n) is 4.30. The van der Waals surface area contributed by atoms with E-state index >= 15 is 0 Å². The molecule has 0 N–H and O–H groups in total. The lowest BCUT2D eigenvalue weighted by atomic mass is 10.0. The zero-order valence-electron chi connectivity index (χ0n) is 17.9. The predicted octanol–water partition coefficient (Wildman–Crippen LogP) is 4.05. The number of fused-ring (bicyclic) bond motifs is 1. The van der Waals surface area contributed by atoms with Gasteiger partial charge in [-0.1, -0.05) is 18.2 Å². The van der Waals surface area contributed by atoms with E-state index in [0.29, 0.717) is 30.5 Å². The maximum atomic E-state index is 13.1. The van der Waals surface area contributed by atoms with E-state index in [0.717, 1.165) is 41.8 Å². The maximum Gasteiger partial charge on any atom is 0.242 e. The number of hydrogen-bond donors (Lipinski definition) is 0. The van der Waals surface area contributed by atoms with E-state index in [2.05, 4.69) is 11.5 Å². The number of para-hydroxylation sites is 2. The van der Waals surface area contributed by atoms with Crippen LogP contribution in [0.25, 0.3) is 11.0 Å². The Bertz CT molecular complexity index is 1040. The number of ether oxygens (including phenoxy) is 2. The van der Waals surface area contributed by atoms with Crippen molar-refractivity contribution in [2.24, 2.45) is 0 Å². The van der Waals surface area contributed by atoms with Crippen LogP contribution in [0.15, 0.2) is 42.5 Å². The molecule has 0 saturated carbocycles. The molecule has 3 aromatic rings. The highest BCUT2D eigenvalue weighted by Gasteiger charge is 2.24. The van der Waals surface area contributed by atoms with Crippen molar-refractivity contribution >= 4 is 16.9 Å². The van der Waals surface area contributed by atoms with Gasteiger partial charge in [0.05, 0.1) is 25.3 Å². The molecule has 1 aromatic heterocycles. The summed E-state index contributed by atoms with van der Waals surface area (Å²) in [4.78, 5) is 20.0. The lowest BCUT2D eigenvalue weighted by Gasteiger charge is -2.33. The Morgan fingerprint density at radius 3 is 2.67 bits per heavy atom. The molecule has 1 unspecified atom stereocenters. The second-order valence-corrected chi connectivity index (χ2v) is 7.90. The highest BCUT2D eigenvalue weighted by Crippen LogP contribution is 2.29. The molecule has 1 atom stereocenters. The first-order chi connectivity index (χ1) is 14.6. The number of carbonyl (C=O) groups is 1. The Balaban J connectivity index is 1.66. The molecule has 4 rings (SSSR count). The van der Waals surface area contributed by atoms with Gasteiger partial charge in [0.15, 0.2) is 11.5 Å². The SMILES string of the molecule is COc1ccc(Cc2nc3ccccc3n2CC(=O)N2CCCCC2C)cc1OC. The van der Waals surface area contributed by atoms with Crippen molar-refractivity contribution in [2.75, 3.05) is 20.8 Å². The molecule has 6 nitrogen and oxygen atoms in total. The van der Waals surface area contributed by atoms with Crippen LogP contribution in [0.4, 0.5) is 0 Å². The molecule has 1 aliphatic heterocycles. The van der Waals surface area contributed by atoms with Gasteiger partial charge >= 0.3 is 0 Å². The minimum atomic E-state index is 0.166. The third-order valence-corrected chi connectivity index (χ3v) is 5.96. The van der Waals surface area contributed by atoms with Crippen molar-refractivity contribution in [3.8, 4) is 11.5 Å². The number of nitrogens with zero attached hydrogens (tertiary/aromatic N) is 3. The standard InChI is InChI=1S/C24H29N3O3/c1-17-8-6-7-13-26(17)24(28)16-27-20-10-5-4-9-19(20)25-23(27)15-18-11-12-21(29-2)22(14-18)30-3/h4-5,9-12,14,17H,6-8,13,15-16H2,1-3H3. The number of piperidine rings is 1. The molecule has 2 aromatic carbocycles. The molecule has 0 bridgehead atoms. The van der Waals surface area contributed by atoms with Gasteiger partial charge in [-0.25, -0.2) is 4.98 Å². The summed E-state index contributed by atoms with van der Waals surface area (Å²) in [5, 5.41) is 0. The monoisotopic (exact) mass is 407 g/mol. The molecule has 0 aliphatic carbocycles. The van der Waals surface area contributed by atoms with E-state index in [1.165, 1.54) is 6.42 Å². The molecule has 0 radical (unpaired) electrons. The van der Waals surface area contributed by atoms with E-state index in [-0.39, 0.29) is 5.91 Å². The van der Waals surface area contributed by atoms with Crippen LogP contribution >= 0.6 is 0 Å². The largest absolute Gasteiger partial charge is 0.493 e. The van der Waals surface area contributed by atoms with Crippen molar-refractivity contribution in [3.63, 3.8) is 0 Å². The van der Waals surface area contributed by atoms with Gasteiger partial charge in [0.1, 0.15) is 12.4 Å². The first-order valence-corrected chi connectivity index (χ1v) is 10.5. The molecule has 2 heterocycles. The summed E-state index contributed by atoms with van der Waals surface area (Å²) in [6.07, 6.45) is 3.97. The number of hydrogen-bond acceptors (Lipinski definition) is 4. The number of rotatable bonds is 6. The van der Waals surface area contributed by atoms with Gasteiger partial charge in [0.2, 0.25) is 5.91 Å². The zero-order valence-corrected chi connectivity index (χ0v) is 17.9. The average molecular weight is 408 g/mol. The minimum absolute atomic E-state index is 0.166.